The van der Waals surface area contributed by atoms with E-state index in [4.69, 9.17) is 14.2 Å². The van der Waals surface area contributed by atoms with Gasteiger partial charge in [-0.15, -0.1) is 0 Å². The number of nitrogens with zero attached hydrogens (tertiary/aromatic N) is 3. The van der Waals surface area contributed by atoms with E-state index < -0.39 is 22.5 Å². The van der Waals surface area contributed by atoms with Crippen molar-refractivity contribution in [3.05, 3.63) is 92.6 Å². The highest BCUT2D eigenvalue weighted by atomic mass is 79.9. The van der Waals surface area contributed by atoms with Gasteiger partial charge < -0.3 is 14.2 Å². The molecule has 39 heavy (non-hydrogen) atoms. The minimum Gasteiger partial charge on any atom is -0.492 e. The van der Waals surface area contributed by atoms with E-state index in [1.165, 1.54) is 10.6 Å². The summed E-state index contributed by atoms with van der Waals surface area (Å²) in [6.07, 6.45) is 1.70. The van der Waals surface area contributed by atoms with Gasteiger partial charge in [0.05, 0.1) is 51.6 Å². The molecule has 2 heterocycles. The van der Waals surface area contributed by atoms with Crippen molar-refractivity contribution in [3.8, 4) is 11.5 Å². The average molecular weight is 616 g/mol. The third kappa shape index (κ3) is 5.39. The Morgan fingerprint density at radius 1 is 1.23 bits per heavy atom. The highest BCUT2D eigenvalue weighted by Gasteiger charge is 2.34. The second kappa shape index (κ2) is 11.5. The van der Waals surface area contributed by atoms with E-state index in [-0.39, 0.29) is 17.9 Å². The molecule has 12 heteroatoms. The van der Waals surface area contributed by atoms with Gasteiger partial charge in [0.1, 0.15) is 0 Å². The van der Waals surface area contributed by atoms with Crippen LogP contribution in [-0.4, -0.2) is 35.8 Å². The van der Waals surface area contributed by atoms with Crippen molar-refractivity contribution in [2.75, 3.05) is 20.3 Å². The molecule has 10 nitrogen and oxygen atoms in total. The Kier molecular flexibility index (Phi) is 8.36. The van der Waals surface area contributed by atoms with Crippen LogP contribution < -0.4 is 24.4 Å². The number of aromatic nitrogens is 1. The summed E-state index contributed by atoms with van der Waals surface area (Å²) in [5.41, 5.74) is 1.57. The number of methoxy groups -OCH3 is 1. The molecule has 0 unspecified atom stereocenters. The first kappa shape index (κ1) is 28.2. The number of nitro groups is 1. The summed E-state index contributed by atoms with van der Waals surface area (Å²) < 4.78 is 18.8. The van der Waals surface area contributed by atoms with Gasteiger partial charge in [-0.25, -0.2) is 9.79 Å². The molecule has 0 bridgehead atoms. The molecule has 0 amide bonds. The van der Waals surface area contributed by atoms with Gasteiger partial charge >= 0.3 is 5.97 Å². The van der Waals surface area contributed by atoms with Crippen LogP contribution in [0.3, 0.4) is 0 Å². The third-order valence-corrected chi connectivity index (χ3v) is 7.67. The average Bonchev–Trinajstić information content (AvgIpc) is 3.17. The second-order valence-electron chi connectivity index (χ2n) is 8.57. The molecule has 0 radical (unpaired) electrons. The Morgan fingerprint density at radius 2 is 1.97 bits per heavy atom. The number of nitro benzene ring substituents is 1. The normalized spacial score (nSPS) is 15.0. The lowest BCUT2D eigenvalue weighted by molar-refractivity contribution is -0.385. The molecule has 0 fully saturated rings. The number of fused-ring (bicyclic) bond motifs is 1. The van der Waals surface area contributed by atoms with Crippen molar-refractivity contribution >= 4 is 45.0 Å². The summed E-state index contributed by atoms with van der Waals surface area (Å²) in [4.78, 5) is 43.0. The van der Waals surface area contributed by atoms with E-state index in [2.05, 4.69) is 20.9 Å². The highest BCUT2D eigenvalue weighted by Crippen LogP contribution is 2.37. The van der Waals surface area contributed by atoms with E-state index in [0.29, 0.717) is 54.3 Å². The Hall–Kier alpha value is -3.77. The third-order valence-electron chi connectivity index (χ3n) is 6.10. The summed E-state index contributed by atoms with van der Waals surface area (Å²) in [5.74, 6) is 0.409. The van der Waals surface area contributed by atoms with Crippen LogP contribution in [0.5, 0.6) is 11.5 Å². The fraction of sp³-hybridized carbons (Fsp3) is 0.296. The van der Waals surface area contributed by atoms with Crippen LogP contribution in [0.2, 0.25) is 0 Å². The molecule has 0 saturated heterocycles. The number of thiazole rings is 1. The molecule has 0 aliphatic carbocycles. The molecule has 0 saturated carbocycles. The molecule has 1 aliphatic rings. The van der Waals surface area contributed by atoms with Gasteiger partial charge in [0.2, 0.25) is 0 Å². The lowest BCUT2D eigenvalue weighted by atomic mass is 9.94. The summed E-state index contributed by atoms with van der Waals surface area (Å²) >= 11 is 4.65. The summed E-state index contributed by atoms with van der Waals surface area (Å²) in [5, 5.41) is 11.7. The summed E-state index contributed by atoms with van der Waals surface area (Å²) in [6, 6.07) is 7.28. The van der Waals surface area contributed by atoms with Crippen LogP contribution in [0.4, 0.5) is 5.69 Å². The molecule has 1 aromatic heterocycles. The number of benzene rings is 2. The predicted octanol–water partition coefficient (Wildman–Crippen LogP) is 4.18. The lowest BCUT2D eigenvalue weighted by Gasteiger charge is -2.24. The van der Waals surface area contributed by atoms with Crippen LogP contribution in [-0.2, 0) is 9.53 Å². The molecule has 3 aromatic rings. The van der Waals surface area contributed by atoms with Crippen LogP contribution in [0, 0.1) is 17.0 Å². The molecule has 1 atom stereocenters. The number of aryl methyl sites for hydroxylation is 1. The standard InChI is InChI=1S/C27H26BrN3O7S/c1-6-37-20-11-16(10-18(28)24(20)36-5)12-21-25(32)30-23(17-9-8-14(3)19(13-17)31(34)35)22(26(33)38-7-2)15(4)29-27(30)39-21/h8-13,23H,6-7H2,1-5H3/b21-12+/t23-/m1/s1. The van der Waals surface area contributed by atoms with Crippen molar-refractivity contribution in [2.24, 2.45) is 4.99 Å². The van der Waals surface area contributed by atoms with Crippen molar-refractivity contribution in [3.63, 3.8) is 0 Å². The summed E-state index contributed by atoms with van der Waals surface area (Å²) in [7, 11) is 1.54. The summed E-state index contributed by atoms with van der Waals surface area (Å²) in [6.45, 7) is 7.37. The number of carbonyl (C=O) groups excluding carboxylic acids is 1. The maximum atomic E-state index is 13.8. The van der Waals surface area contributed by atoms with Gasteiger partial charge in [0, 0.05) is 11.6 Å². The van der Waals surface area contributed by atoms with E-state index in [0.717, 1.165) is 11.3 Å². The van der Waals surface area contributed by atoms with Crippen LogP contribution in [0.1, 0.15) is 43.5 Å². The minimum atomic E-state index is -0.955. The van der Waals surface area contributed by atoms with Gasteiger partial charge in [0.25, 0.3) is 11.2 Å². The Bertz CT molecular complexity index is 1690. The van der Waals surface area contributed by atoms with Gasteiger partial charge in [-0.1, -0.05) is 23.5 Å². The van der Waals surface area contributed by atoms with Crippen molar-refractivity contribution in [1.82, 2.24) is 4.57 Å². The maximum absolute atomic E-state index is 13.8. The van der Waals surface area contributed by atoms with E-state index in [9.17, 15) is 19.7 Å². The Labute approximate surface area is 236 Å². The monoisotopic (exact) mass is 615 g/mol. The molecule has 2 aromatic carbocycles. The van der Waals surface area contributed by atoms with Gasteiger partial charge in [-0.3, -0.25) is 19.5 Å². The van der Waals surface area contributed by atoms with E-state index >= 15 is 0 Å². The molecular weight excluding hydrogens is 590 g/mol. The number of ether oxygens (including phenoxy) is 3. The molecule has 1 aliphatic heterocycles. The SMILES string of the molecule is CCOC(=O)C1=C(C)N=c2s/c(=C/c3cc(Br)c(OC)c(OCC)c3)c(=O)n2[C@@H]1c1ccc(C)c([N+](=O)[O-])c1. The fourth-order valence-electron chi connectivity index (χ4n) is 4.38. The minimum absolute atomic E-state index is 0.112. The van der Waals surface area contributed by atoms with E-state index in [1.54, 1.807) is 58.2 Å². The number of allylic oxidation sites excluding steroid dienone is 1. The Morgan fingerprint density at radius 3 is 2.62 bits per heavy atom. The van der Waals surface area contributed by atoms with Crippen LogP contribution >= 0.6 is 27.3 Å². The molecule has 204 valence electrons. The van der Waals surface area contributed by atoms with Gasteiger partial charge in [-0.2, -0.15) is 0 Å². The number of hydrogen-bond donors (Lipinski definition) is 0. The number of hydrogen-bond acceptors (Lipinski definition) is 9. The fourth-order valence-corrected chi connectivity index (χ4v) is 6.05. The number of esters is 1. The topological polar surface area (TPSA) is 122 Å². The van der Waals surface area contributed by atoms with Crippen molar-refractivity contribution < 1.29 is 23.9 Å². The lowest BCUT2D eigenvalue weighted by Crippen LogP contribution is -2.40. The zero-order chi connectivity index (χ0) is 28.4. The quantitative estimate of drug-likeness (QED) is 0.211. The smallest absolute Gasteiger partial charge is 0.338 e. The highest BCUT2D eigenvalue weighted by molar-refractivity contribution is 9.10. The predicted molar refractivity (Wildman–Crippen MR) is 150 cm³/mol. The largest absolute Gasteiger partial charge is 0.492 e. The first-order chi connectivity index (χ1) is 18.6. The zero-order valence-corrected chi connectivity index (χ0v) is 24.3. The zero-order valence-electron chi connectivity index (χ0n) is 21.9. The number of carbonyl (C=O) groups is 1. The number of rotatable bonds is 8. The van der Waals surface area contributed by atoms with Crippen molar-refractivity contribution in [1.29, 1.82) is 0 Å². The second-order valence-corrected chi connectivity index (χ2v) is 10.4. The molecule has 4 rings (SSSR count). The van der Waals surface area contributed by atoms with Crippen molar-refractivity contribution in [2.45, 2.75) is 33.7 Å². The number of halogens is 1. The van der Waals surface area contributed by atoms with E-state index in [1.807, 2.05) is 6.92 Å². The van der Waals surface area contributed by atoms with Crippen LogP contribution in [0.15, 0.2) is 55.9 Å². The van der Waals surface area contributed by atoms with Crippen LogP contribution in [0.25, 0.3) is 6.08 Å². The van der Waals surface area contributed by atoms with Gasteiger partial charge in [0.15, 0.2) is 16.3 Å². The first-order valence-electron chi connectivity index (χ1n) is 12.1. The molecule has 0 N–H and O–H groups in total. The maximum Gasteiger partial charge on any atom is 0.338 e. The molecule has 0 spiro atoms. The molecular formula is C27H26BrN3O7S. The van der Waals surface area contributed by atoms with Gasteiger partial charge in [-0.05, 0) is 73.0 Å². The first-order valence-corrected chi connectivity index (χ1v) is 13.7. The Balaban J connectivity index is 1.97.